The number of piperidine rings is 1. The van der Waals surface area contributed by atoms with Gasteiger partial charge in [0, 0.05) is 42.1 Å². The Morgan fingerprint density at radius 3 is 2.09 bits per heavy atom. The first-order chi connectivity index (χ1) is 20.6. The number of ether oxygens (including phenoxy) is 5. The zero-order valence-corrected chi connectivity index (χ0v) is 26.0. The number of nitrogens with zero attached hydrogens (tertiary/aromatic N) is 3. The molecule has 0 atom stereocenters. The summed E-state index contributed by atoms with van der Waals surface area (Å²) in [5.41, 5.74) is 1.94. The van der Waals surface area contributed by atoms with Gasteiger partial charge in [0.25, 0.3) is 5.91 Å². The van der Waals surface area contributed by atoms with Gasteiger partial charge in [-0.3, -0.25) is 9.78 Å². The van der Waals surface area contributed by atoms with Crippen LogP contribution in [-0.2, 0) is 4.74 Å². The first-order valence-corrected chi connectivity index (χ1v) is 14.4. The molecule has 10 heteroatoms. The molecule has 1 aromatic heterocycles. The molecule has 43 heavy (non-hydrogen) atoms. The number of likely N-dealkylation sites (tertiary alicyclic amines) is 1. The molecule has 1 fully saturated rings. The van der Waals surface area contributed by atoms with E-state index < -0.39 is 5.60 Å². The number of anilines is 1. The van der Waals surface area contributed by atoms with Gasteiger partial charge < -0.3 is 33.5 Å². The highest BCUT2D eigenvalue weighted by molar-refractivity contribution is 6.07. The van der Waals surface area contributed by atoms with Crippen molar-refractivity contribution in [1.82, 2.24) is 9.88 Å². The monoisotopic (exact) mass is 591 g/mol. The van der Waals surface area contributed by atoms with Crippen molar-refractivity contribution < 1.29 is 33.3 Å². The van der Waals surface area contributed by atoms with Gasteiger partial charge in [-0.25, -0.2) is 4.79 Å². The third kappa shape index (κ3) is 7.49. The molecule has 0 radical (unpaired) electrons. The van der Waals surface area contributed by atoms with Gasteiger partial charge in [-0.1, -0.05) is 0 Å². The molecule has 1 saturated heterocycles. The highest BCUT2D eigenvalue weighted by atomic mass is 16.6. The van der Waals surface area contributed by atoms with E-state index in [1.165, 1.54) is 0 Å². The molecular weight excluding hydrogens is 550 g/mol. The molecule has 1 aliphatic heterocycles. The average Bonchev–Trinajstić information content (AvgIpc) is 3.00. The van der Waals surface area contributed by atoms with Gasteiger partial charge in [0.2, 0.25) is 5.75 Å². The summed E-state index contributed by atoms with van der Waals surface area (Å²) in [6.07, 6.45) is 2.48. The Kier molecular flexibility index (Phi) is 10.0. The minimum absolute atomic E-state index is 0.137. The van der Waals surface area contributed by atoms with Crippen LogP contribution in [0.1, 0.15) is 50.9 Å². The molecule has 230 valence electrons. The van der Waals surface area contributed by atoms with Gasteiger partial charge in [-0.15, -0.1) is 0 Å². The summed E-state index contributed by atoms with van der Waals surface area (Å²) in [5.74, 6) is 2.01. The largest absolute Gasteiger partial charge is 0.494 e. The lowest BCUT2D eigenvalue weighted by atomic mass is 10.0. The maximum Gasteiger partial charge on any atom is 0.410 e. The Morgan fingerprint density at radius 1 is 0.930 bits per heavy atom. The third-order valence-electron chi connectivity index (χ3n) is 7.09. The van der Waals surface area contributed by atoms with Crippen molar-refractivity contribution in [2.24, 2.45) is 0 Å². The van der Waals surface area contributed by atoms with Crippen molar-refractivity contribution in [3.8, 4) is 34.3 Å². The van der Waals surface area contributed by atoms with E-state index in [1.807, 2.05) is 56.9 Å². The lowest BCUT2D eigenvalue weighted by Crippen LogP contribution is -2.50. The fraction of sp³-hybridized carbons (Fsp3) is 0.424. The predicted octanol–water partition coefficient (Wildman–Crippen LogP) is 6.22. The number of hydrogen-bond acceptors (Lipinski definition) is 8. The van der Waals surface area contributed by atoms with Crippen molar-refractivity contribution in [1.29, 1.82) is 0 Å². The van der Waals surface area contributed by atoms with Gasteiger partial charge in [0.05, 0.1) is 33.6 Å². The summed E-state index contributed by atoms with van der Waals surface area (Å²) in [5, 5.41) is 0. The van der Waals surface area contributed by atoms with E-state index in [-0.39, 0.29) is 18.0 Å². The summed E-state index contributed by atoms with van der Waals surface area (Å²) >= 11 is 0. The Morgan fingerprint density at radius 2 is 1.56 bits per heavy atom. The Bertz CT molecular complexity index is 1390. The molecule has 2 aromatic carbocycles. The van der Waals surface area contributed by atoms with Crippen molar-refractivity contribution in [2.75, 3.05) is 45.9 Å². The second kappa shape index (κ2) is 13.7. The molecule has 0 bridgehead atoms. The molecular formula is C33H41N3O7. The van der Waals surface area contributed by atoms with Crippen molar-refractivity contribution in [3.63, 3.8) is 0 Å². The van der Waals surface area contributed by atoms with Gasteiger partial charge in [-0.05, 0) is 89.1 Å². The minimum Gasteiger partial charge on any atom is -0.494 e. The average molecular weight is 592 g/mol. The topological polar surface area (TPSA) is 99.7 Å². The zero-order chi connectivity index (χ0) is 31.1. The molecule has 4 rings (SSSR count). The maximum absolute atomic E-state index is 14.3. The molecule has 0 unspecified atom stereocenters. The standard InChI is InChI=1S/C33H41N3O7/c1-8-42-26-11-9-24(10-12-26)36(25-14-17-35(18-15-25)32(38)43-33(2,3)4)31(37)22-13-16-34-27(19-22)23-20-28(39-5)30(41-7)29(21-23)40-6/h9-13,16,19-21,25H,8,14-15,17-18H2,1-7H3. The van der Waals surface area contributed by atoms with Gasteiger partial charge >= 0.3 is 6.09 Å². The van der Waals surface area contributed by atoms with Crippen LogP contribution in [0.25, 0.3) is 11.3 Å². The quantitative estimate of drug-likeness (QED) is 0.289. The number of rotatable bonds is 9. The van der Waals surface area contributed by atoms with E-state index >= 15 is 0 Å². The Hall–Kier alpha value is -4.47. The summed E-state index contributed by atoms with van der Waals surface area (Å²) < 4.78 is 27.7. The maximum atomic E-state index is 14.3. The highest BCUT2D eigenvalue weighted by Crippen LogP contribution is 2.41. The highest BCUT2D eigenvalue weighted by Gasteiger charge is 2.33. The van der Waals surface area contributed by atoms with E-state index in [0.717, 1.165) is 11.4 Å². The number of aromatic nitrogens is 1. The fourth-order valence-corrected chi connectivity index (χ4v) is 5.09. The van der Waals surface area contributed by atoms with E-state index in [1.54, 1.807) is 56.7 Å². The third-order valence-corrected chi connectivity index (χ3v) is 7.09. The number of carbonyl (C=O) groups excluding carboxylic acids is 2. The van der Waals surface area contributed by atoms with Crippen LogP contribution in [0.2, 0.25) is 0 Å². The molecule has 0 saturated carbocycles. The van der Waals surface area contributed by atoms with Crippen LogP contribution in [0, 0.1) is 0 Å². The van der Waals surface area contributed by atoms with Gasteiger partial charge in [0.15, 0.2) is 11.5 Å². The van der Waals surface area contributed by atoms with Crippen molar-refractivity contribution >= 4 is 17.7 Å². The first kappa shape index (κ1) is 31.5. The first-order valence-electron chi connectivity index (χ1n) is 14.4. The molecule has 2 heterocycles. The van der Waals surface area contributed by atoms with Crippen LogP contribution < -0.4 is 23.8 Å². The lowest BCUT2D eigenvalue weighted by molar-refractivity contribution is 0.0205. The van der Waals surface area contributed by atoms with E-state index in [9.17, 15) is 9.59 Å². The molecule has 0 aliphatic carbocycles. The number of amides is 2. The molecule has 0 spiro atoms. The number of carbonyl (C=O) groups is 2. The molecule has 0 N–H and O–H groups in total. The number of hydrogen-bond donors (Lipinski definition) is 0. The number of pyridine rings is 1. The zero-order valence-electron chi connectivity index (χ0n) is 26.0. The lowest BCUT2D eigenvalue weighted by Gasteiger charge is -2.39. The van der Waals surface area contributed by atoms with Crippen LogP contribution in [0.15, 0.2) is 54.7 Å². The normalized spacial score (nSPS) is 13.7. The van der Waals surface area contributed by atoms with Crippen molar-refractivity contribution in [2.45, 2.75) is 52.2 Å². The van der Waals surface area contributed by atoms with Crippen LogP contribution in [-0.4, -0.2) is 74.6 Å². The van der Waals surface area contributed by atoms with Gasteiger partial charge in [-0.2, -0.15) is 0 Å². The minimum atomic E-state index is -0.574. The second-order valence-corrected chi connectivity index (χ2v) is 11.1. The van der Waals surface area contributed by atoms with Crippen LogP contribution in [0.3, 0.4) is 0 Å². The van der Waals surface area contributed by atoms with Crippen LogP contribution >= 0.6 is 0 Å². The van der Waals surface area contributed by atoms with E-state index in [2.05, 4.69) is 4.98 Å². The number of benzene rings is 2. The molecule has 10 nitrogen and oxygen atoms in total. The van der Waals surface area contributed by atoms with Gasteiger partial charge in [0.1, 0.15) is 11.4 Å². The molecule has 3 aromatic rings. The summed E-state index contributed by atoms with van der Waals surface area (Å²) in [6.45, 7) is 8.99. The summed E-state index contributed by atoms with van der Waals surface area (Å²) in [7, 11) is 4.65. The summed E-state index contributed by atoms with van der Waals surface area (Å²) in [6, 6.07) is 14.5. The van der Waals surface area contributed by atoms with E-state index in [4.69, 9.17) is 23.7 Å². The summed E-state index contributed by atoms with van der Waals surface area (Å²) in [4.78, 5) is 35.0. The van der Waals surface area contributed by atoms with E-state index in [0.29, 0.717) is 66.6 Å². The predicted molar refractivity (Wildman–Crippen MR) is 165 cm³/mol. The molecule has 2 amide bonds. The molecule has 1 aliphatic rings. The van der Waals surface area contributed by atoms with Crippen molar-refractivity contribution in [3.05, 3.63) is 60.3 Å². The SMILES string of the molecule is CCOc1ccc(N(C(=O)c2ccnc(-c3cc(OC)c(OC)c(OC)c3)c2)C2CCN(C(=O)OC(C)(C)C)CC2)cc1. The second-order valence-electron chi connectivity index (χ2n) is 11.1. The fourth-order valence-electron chi connectivity index (χ4n) is 5.09. The smallest absolute Gasteiger partial charge is 0.410 e. The Labute approximate surface area is 253 Å². The van der Waals surface area contributed by atoms with Crippen LogP contribution in [0.4, 0.5) is 10.5 Å². The Balaban J connectivity index is 1.66. The van der Waals surface area contributed by atoms with Crippen LogP contribution in [0.5, 0.6) is 23.0 Å². The number of methoxy groups -OCH3 is 3.